The first kappa shape index (κ1) is 24.7. The van der Waals surface area contributed by atoms with Crippen molar-refractivity contribution in [2.24, 2.45) is 0 Å². The van der Waals surface area contributed by atoms with E-state index in [0.29, 0.717) is 30.0 Å². The maximum absolute atomic E-state index is 12.9. The van der Waals surface area contributed by atoms with Gasteiger partial charge in [0.15, 0.2) is 0 Å². The Morgan fingerprint density at radius 2 is 1.83 bits per heavy atom. The first-order valence-corrected chi connectivity index (χ1v) is 12.4. The van der Waals surface area contributed by atoms with E-state index in [1.54, 1.807) is 6.20 Å². The number of aromatic amines is 1. The summed E-state index contributed by atoms with van der Waals surface area (Å²) in [4.78, 5) is 15.7. The second kappa shape index (κ2) is 11.8. The minimum Gasteiger partial charge on any atom is -0.388 e. The van der Waals surface area contributed by atoms with E-state index in [2.05, 4.69) is 46.5 Å². The van der Waals surface area contributed by atoms with Crippen LogP contribution in [0.4, 0.5) is 5.69 Å². The van der Waals surface area contributed by atoms with E-state index >= 15 is 0 Å². The van der Waals surface area contributed by atoms with E-state index in [1.165, 1.54) is 5.56 Å². The predicted molar refractivity (Wildman–Crippen MR) is 145 cm³/mol. The van der Waals surface area contributed by atoms with E-state index in [1.807, 2.05) is 49.4 Å². The van der Waals surface area contributed by atoms with Gasteiger partial charge in [0, 0.05) is 17.6 Å². The van der Waals surface area contributed by atoms with Crippen LogP contribution in [0.3, 0.4) is 0 Å². The van der Waals surface area contributed by atoms with E-state index in [4.69, 9.17) is 0 Å². The molecule has 1 aliphatic rings. The van der Waals surface area contributed by atoms with Gasteiger partial charge >= 0.3 is 0 Å². The quantitative estimate of drug-likeness (QED) is 0.317. The molecule has 1 fully saturated rings. The highest BCUT2D eigenvalue weighted by Crippen LogP contribution is 2.30. The molecule has 1 atom stereocenters. The lowest BCUT2D eigenvalue weighted by atomic mass is 9.90. The SMILES string of the molecule is C=C(Nc1ccc(C2CCNCC2)cc1)c1c(/C(=C\C)CCC(O)c2ccccc2)cc[nH]c1=O. The van der Waals surface area contributed by atoms with Gasteiger partial charge in [-0.15, -0.1) is 0 Å². The van der Waals surface area contributed by atoms with Gasteiger partial charge in [-0.1, -0.05) is 55.1 Å². The molecule has 2 heterocycles. The number of aliphatic hydroxyl groups is 1. The van der Waals surface area contributed by atoms with Crippen molar-refractivity contribution in [1.82, 2.24) is 10.3 Å². The standard InChI is InChI=1S/C30H35N3O2/c1-3-22(11-14-28(34)25-7-5-4-6-8-25)27-17-20-32-30(35)29(27)21(2)33-26-12-9-23(10-13-26)24-15-18-31-19-16-24/h3-10,12-13,17,20,24,28,31,33-34H,2,11,14-16,18-19H2,1H3,(H,32,35)/b22-3-. The molecule has 3 aromatic rings. The largest absolute Gasteiger partial charge is 0.388 e. The number of piperidine rings is 1. The molecule has 1 aromatic heterocycles. The number of aliphatic hydroxyl groups excluding tert-OH is 1. The number of hydrogen-bond acceptors (Lipinski definition) is 4. The highest BCUT2D eigenvalue weighted by molar-refractivity contribution is 5.83. The van der Waals surface area contributed by atoms with Gasteiger partial charge in [0.2, 0.25) is 0 Å². The van der Waals surface area contributed by atoms with E-state index in [-0.39, 0.29) is 5.56 Å². The fraction of sp³-hybridized carbons (Fsp3) is 0.300. The number of H-pyrrole nitrogens is 1. The topological polar surface area (TPSA) is 77.2 Å². The molecule has 0 spiro atoms. The minimum absolute atomic E-state index is 0.186. The first-order valence-electron chi connectivity index (χ1n) is 12.4. The summed E-state index contributed by atoms with van der Waals surface area (Å²) in [5.41, 5.74) is 5.89. The van der Waals surface area contributed by atoms with Crippen molar-refractivity contribution in [3.05, 3.63) is 112 Å². The Hall–Kier alpha value is -3.41. The highest BCUT2D eigenvalue weighted by atomic mass is 16.3. The summed E-state index contributed by atoms with van der Waals surface area (Å²) < 4.78 is 0. The molecule has 4 N–H and O–H groups in total. The van der Waals surface area contributed by atoms with Crippen molar-refractivity contribution >= 4 is 17.0 Å². The Kier molecular flexibility index (Phi) is 8.35. The number of nitrogens with one attached hydrogen (secondary N) is 3. The van der Waals surface area contributed by atoms with Crippen LogP contribution < -0.4 is 16.2 Å². The lowest BCUT2D eigenvalue weighted by Crippen LogP contribution is -2.26. The molecular formula is C30H35N3O2. The van der Waals surface area contributed by atoms with Crippen LogP contribution in [-0.4, -0.2) is 23.2 Å². The number of rotatable bonds is 9. The van der Waals surface area contributed by atoms with Crippen LogP contribution in [0.25, 0.3) is 11.3 Å². The fourth-order valence-corrected chi connectivity index (χ4v) is 4.84. The molecule has 5 nitrogen and oxygen atoms in total. The smallest absolute Gasteiger partial charge is 0.257 e. The summed E-state index contributed by atoms with van der Waals surface area (Å²) in [5, 5.41) is 17.4. The van der Waals surface area contributed by atoms with Gasteiger partial charge < -0.3 is 20.7 Å². The van der Waals surface area contributed by atoms with E-state index in [0.717, 1.165) is 48.3 Å². The van der Waals surface area contributed by atoms with Crippen LogP contribution in [0.5, 0.6) is 0 Å². The molecule has 1 saturated heterocycles. The normalized spacial score (nSPS) is 15.5. The molecular weight excluding hydrogens is 434 g/mol. The Balaban J connectivity index is 1.48. The predicted octanol–water partition coefficient (Wildman–Crippen LogP) is 5.84. The van der Waals surface area contributed by atoms with Crippen molar-refractivity contribution in [2.45, 2.75) is 44.6 Å². The summed E-state index contributed by atoms with van der Waals surface area (Å²) >= 11 is 0. The Morgan fingerprint density at radius 1 is 1.11 bits per heavy atom. The summed E-state index contributed by atoms with van der Waals surface area (Å²) in [6.07, 6.45) is 6.64. The van der Waals surface area contributed by atoms with Gasteiger partial charge in [-0.25, -0.2) is 0 Å². The van der Waals surface area contributed by atoms with Crippen LogP contribution in [0.15, 0.2) is 84.3 Å². The van der Waals surface area contributed by atoms with Crippen molar-refractivity contribution in [1.29, 1.82) is 0 Å². The third kappa shape index (κ3) is 6.18. The molecule has 0 radical (unpaired) electrons. The second-order valence-corrected chi connectivity index (χ2v) is 9.12. The second-order valence-electron chi connectivity index (χ2n) is 9.12. The Morgan fingerprint density at radius 3 is 2.51 bits per heavy atom. The zero-order valence-electron chi connectivity index (χ0n) is 20.4. The molecule has 4 rings (SSSR count). The van der Waals surface area contributed by atoms with Gasteiger partial charge in [0.1, 0.15) is 0 Å². The average molecular weight is 470 g/mol. The Bertz CT molecular complexity index is 1210. The number of aromatic nitrogens is 1. The van der Waals surface area contributed by atoms with Crippen LogP contribution >= 0.6 is 0 Å². The monoisotopic (exact) mass is 469 g/mol. The summed E-state index contributed by atoms with van der Waals surface area (Å²) in [6, 6.07) is 20.0. The van der Waals surface area contributed by atoms with Gasteiger partial charge in [-0.3, -0.25) is 4.79 Å². The van der Waals surface area contributed by atoms with E-state index in [9.17, 15) is 9.90 Å². The fourth-order valence-electron chi connectivity index (χ4n) is 4.84. The summed E-state index contributed by atoms with van der Waals surface area (Å²) in [6.45, 7) is 8.29. The maximum Gasteiger partial charge on any atom is 0.257 e. The lowest BCUT2D eigenvalue weighted by Gasteiger charge is -2.23. The van der Waals surface area contributed by atoms with Crippen molar-refractivity contribution in [3.8, 4) is 0 Å². The van der Waals surface area contributed by atoms with Crippen molar-refractivity contribution in [3.63, 3.8) is 0 Å². The zero-order chi connectivity index (χ0) is 24.6. The number of hydrogen-bond donors (Lipinski definition) is 4. The first-order chi connectivity index (χ1) is 17.1. The number of benzene rings is 2. The van der Waals surface area contributed by atoms with Crippen LogP contribution in [0.2, 0.25) is 0 Å². The van der Waals surface area contributed by atoms with Crippen LogP contribution in [-0.2, 0) is 0 Å². The molecule has 182 valence electrons. The lowest BCUT2D eigenvalue weighted by molar-refractivity contribution is 0.169. The number of anilines is 1. The molecule has 0 aliphatic carbocycles. The van der Waals surface area contributed by atoms with Gasteiger partial charge in [-0.2, -0.15) is 0 Å². The molecule has 0 amide bonds. The molecule has 5 heteroatoms. The van der Waals surface area contributed by atoms with Crippen molar-refractivity contribution in [2.75, 3.05) is 18.4 Å². The van der Waals surface area contributed by atoms with Crippen molar-refractivity contribution < 1.29 is 5.11 Å². The maximum atomic E-state index is 12.9. The third-order valence-electron chi connectivity index (χ3n) is 6.84. The number of allylic oxidation sites excluding steroid dienone is 2. The van der Waals surface area contributed by atoms with Crippen LogP contribution in [0, 0.1) is 0 Å². The minimum atomic E-state index is -0.559. The molecule has 1 unspecified atom stereocenters. The number of pyridine rings is 1. The van der Waals surface area contributed by atoms with Gasteiger partial charge in [0.05, 0.1) is 11.7 Å². The zero-order valence-corrected chi connectivity index (χ0v) is 20.4. The van der Waals surface area contributed by atoms with Gasteiger partial charge in [-0.05, 0) is 92.1 Å². The molecule has 1 aliphatic heterocycles. The summed E-state index contributed by atoms with van der Waals surface area (Å²) in [7, 11) is 0. The average Bonchev–Trinajstić information content (AvgIpc) is 2.90. The highest BCUT2D eigenvalue weighted by Gasteiger charge is 2.17. The molecule has 0 saturated carbocycles. The van der Waals surface area contributed by atoms with Crippen LogP contribution in [0.1, 0.15) is 66.9 Å². The molecule has 35 heavy (non-hydrogen) atoms. The third-order valence-corrected chi connectivity index (χ3v) is 6.84. The molecule has 0 bridgehead atoms. The molecule has 2 aromatic carbocycles. The van der Waals surface area contributed by atoms with E-state index < -0.39 is 6.10 Å². The Labute approximate surface area is 207 Å². The van der Waals surface area contributed by atoms with Gasteiger partial charge in [0.25, 0.3) is 5.56 Å². The summed E-state index contributed by atoms with van der Waals surface area (Å²) in [5.74, 6) is 0.598.